The topological polar surface area (TPSA) is 93.5 Å². The van der Waals surface area contributed by atoms with Crippen LogP contribution in [0, 0.1) is 0 Å². The molecule has 0 unspecified atom stereocenters. The summed E-state index contributed by atoms with van der Waals surface area (Å²) < 4.78 is 31.4. The van der Waals surface area contributed by atoms with E-state index in [0.717, 1.165) is 8.28 Å². The predicted molar refractivity (Wildman–Crippen MR) is 85.5 cm³/mol. The monoisotopic (exact) mass is 340 g/mol. The highest BCUT2D eigenvalue weighted by atomic mass is 32.2. The summed E-state index contributed by atoms with van der Waals surface area (Å²) in [6.07, 6.45) is 4.38. The molecular weight excluding hydrogens is 320 g/mol. The van der Waals surface area contributed by atoms with E-state index in [1.54, 1.807) is 12.3 Å². The summed E-state index contributed by atoms with van der Waals surface area (Å²) in [7, 11) is 0.921. The van der Waals surface area contributed by atoms with Crippen LogP contribution in [0.15, 0.2) is 24.8 Å². The van der Waals surface area contributed by atoms with E-state index in [1.165, 1.54) is 33.7 Å². The van der Waals surface area contributed by atoms with Crippen molar-refractivity contribution in [3.63, 3.8) is 0 Å². The van der Waals surface area contributed by atoms with Crippen LogP contribution in [0.2, 0.25) is 0 Å². The van der Waals surface area contributed by atoms with Gasteiger partial charge in [-0.05, 0) is 6.92 Å². The van der Waals surface area contributed by atoms with Gasteiger partial charge in [0, 0.05) is 39.1 Å². The molecule has 0 atom stereocenters. The Morgan fingerprint density at radius 1 is 1.30 bits per heavy atom. The van der Waals surface area contributed by atoms with Crippen molar-refractivity contribution in [2.24, 2.45) is 0 Å². The van der Waals surface area contributed by atoms with Gasteiger partial charge in [0.2, 0.25) is 11.8 Å². The Morgan fingerprint density at radius 3 is 2.65 bits per heavy atom. The van der Waals surface area contributed by atoms with Gasteiger partial charge in [-0.2, -0.15) is 17.7 Å². The second-order valence-corrected chi connectivity index (χ2v) is 6.95. The van der Waals surface area contributed by atoms with Crippen LogP contribution < -0.4 is 9.64 Å². The first-order valence-electron chi connectivity index (χ1n) is 6.96. The number of imidazole rings is 1. The average Bonchev–Trinajstić information content (AvgIpc) is 3.01. The molecule has 0 spiro atoms. The van der Waals surface area contributed by atoms with Crippen molar-refractivity contribution in [1.82, 2.24) is 23.2 Å². The molecule has 0 aliphatic carbocycles. The van der Waals surface area contributed by atoms with E-state index in [0.29, 0.717) is 30.6 Å². The van der Waals surface area contributed by atoms with Crippen molar-refractivity contribution < 1.29 is 13.2 Å². The zero-order valence-corrected chi connectivity index (χ0v) is 14.4. The summed E-state index contributed by atoms with van der Waals surface area (Å²) in [6.45, 7) is 2.98. The third-order valence-corrected chi connectivity index (χ3v) is 4.84. The maximum absolute atomic E-state index is 12.0. The normalized spacial score (nSPS) is 11.7. The lowest BCUT2D eigenvalue weighted by atomic mass is 10.4. The number of ether oxygens (including phenoxy) is 1. The summed E-state index contributed by atoms with van der Waals surface area (Å²) in [5, 5.41) is 0. The number of anilines is 1. The predicted octanol–water partition coefficient (Wildman–Crippen LogP) is 0.363. The summed E-state index contributed by atoms with van der Waals surface area (Å²) in [4.78, 5) is 14.5. The Bertz CT molecular complexity index is 759. The van der Waals surface area contributed by atoms with E-state index in [9.17, 15) is 8.42 Å². The molecule has 0 N–H and O–H groups in total. The van der Waals surface area contributed by atoms with Gasteiger partial charge >= 0.3 is 10.2 Å². The molecule has 126 valence electrons. The molecule has 2 aromatic heterocycles. The maximum Gasteiger partial charge on any atom is 0.308 e. The molecule has 0 radical (unpaired) electrons. The molecule has 2 rings (SSSR count). The lowest BCUT2D eigenvalue weighted by molar-refractivity contribution is 0.396. The van der Waals surface area contributed by atoms with Gasteiger partial charge in [0.15, 0.2) is 0 Å². The number of hydrogen-bond donors (Lipinski definition) is 0. The van der Waals surface area contributed by atoms with Gasteiger partial charge in [0.25, 0.3) is 0 Å². The van der Waals surface area contributed by atoms with Crippen molar-refractivity contribution >= 4 is 16.2 Å². The molecule has 9 nitrogen and oxygen atoms in total. The molecule has 0 aliphatic rings. The average molecular weight is 340 g/mol. The van der Waals surface area contributed by atoms with Gasteiger partial charge in [-0.25, -0.2) is 13.9 Å². The second-order valence-electron chi connectivity index (χ2n) is 4.90. The SMILES string of the molecule is CCN(Cc1cn(S(=O)(=O)N(C)C)cn1)c1nccc(OC)n1. The summed E-state index contributed by atoms with van der Waals surface area (Å²) in [5.41, 5.74) is 0.601. The molecule has 10 heteroatoms. The number of hydrogen-bond acceptors (Lipinski definition) is 7. The number of nitrogens with zero attached hydrogens (tertiary/aromatic N) is 6. The van der Waals surface area contributed by atoms with Crippen molar-refractivity contribution in [3.05, 3.63) is 30.5 Å². The minimum atomic E-state index is -3.56. The quantitative estimate of drug-likeness (QED) is 0.718. The van der Waals surface area contributed by atoms with E-state index in [2.05, 4.69) is 15.0 Å². The van der Waals surface area contributed by atoms with E-state index in [4.69, 9.17) is 4.74 Å². The van der Waals surface area contributed by atoms with Gasteiger partial charge in [-0.15, -0.1) is 0 Å². The van der Waals surface area contributed by atoms with Gasteiger partial charge in [0.1, 0.15) is 6.33 Å². The van der Waals surface area contributed by atoms with E-state index in [1.807, 2.05) is 11.8 Å². The van der Waals surface area contributed by atoms with Crippen LogP contribution in [0.1, 0.15) is 12.6 Å². The molecule has 0 bridgehead atoms. The zero-order valence-electron chi connectivity index (χ0n) is 13.5. The largest absolute Gasteiger partial charge is 0.481 e. The Hall–Kier alpha value is -2.20. The molecule has 0 aliphatic heterocycles. The van der Waals surface area contributed by atoms with Crippen LogP contribution in [0.5, 0.6) is 5.88 Å². The van der Waals surface area contributed by atoms with E-state index < -0.39 is 10.2 Å². The summed E-state index contributed by atoms with van der Waals surface area (Å²) >= 11 is 0. The molecule has 0 saturated heterocycles. The van der Waals surface area contributed by atoms with Crippen LogP contribution in [-0.2, 0) is 16.8 Å². The van der Waals surface area contributed by atoms with Crippen LogP contribution in [0.25, 0.3) is 0 Å². The van der Waals surface area contributed by atoms with Crippen molar-refractivity contribution in [2.75, 3.05) is 32.6 Å². The van der Waals surface area contributed by atoms with Crippen molar-refractivity contribution in [3.8, 4) is 5.88 Å². The standard InChI is InChI=1S/C13H20N6O3S/c1-5-18(13-14-7-6-12(16-13)22-4)8-11-9-19(10-15-11)23(20,21)17(2)3/h6-7,9-10H,5,8H2,1-4H3. The Morgan fingerprint density at radius 2 is 2.04 bits per heavy atom. The molecule has 0 aromatic carbocycles. The van der Waals surface area contributed by atoms with Crippen LogP contribution in [0.4, 0.5) is 5.95 Å². The highest BCUT2D eigenvalue weighted by Crippen LogP contribution is 2.15. The molecular formula is C13H20N6O3S. The van der Waals surface area contributed by atoms with Gasteiger partial charge in [-0.1, -0.05) is 0 Å². The van der Waals surface area contributed by atoms with E-state index >= 15 is 0 Å². The minimum Gasteiger partial charge on any atom is -0.481 e. The summed E-state index contributed by atoms with van der Waals surface area (Å²) in [5.74, 6) is 0.964. The van der Waals surface area contributed by atoms with E-state index in [-0.39, 0.29) is 0 Å². The minimum absolute atomic E-state index is 0.389. The second kappa shape index (κ2) is 6.92. The smallest absolute Gasteiger partial charge is 0.308 e. The lowest BCUT2D eigenvalue weighted by Gasteiger charge is -2.19. The maximum atomic E-state index is 12.0. The highest BCUT2D eigenvalue weighted by molar-refractivity contribution is 7.87. The Kier molecular flexibility index (Phi) is 5.16. The third-order valence-electron chi connectivity index (χ3n) is 3.19. The Labute approximate surface area is 135 Å². The van der Waals surface area contributed by atoms with Crippen molar-refractivity contribution in [2.45, 2.75) is 13.5 Å². The molecule has 0 amide bonds. The number of aromatic nitrogens is 4. The van der Waals surface area contributed by atoms with Crippen LogP contribution in [0.3, 0.4) is 0 Å². The Balaban J connectivity index is 2.21. The third kappa shape index (κ3) is 3.77. The molecule has 0 saturated carbocycles. The molecule has 2 heterocycles. The first-order valence-corrected chi connectivity index (χ1v) is 8.36. The highest BCUT2D eigenvalue weighted by Gasteiger charge is 2.18. The van der Waals surface area contributed by atoms with Crippen molar-refractivity contribution in [1.29, 1.82) is 0 Å². The lowest BCUT2D eigenvalue weighted by Crippen LogP contribution is -2.28. The van der Waals surface area contributed by atoms with Crippen LogP contribution in [-0.4, -0.2) is 59.4 Å². The van der Waals surface area contributed by atoms with Gasteiger partial charge in [-0.3, -0.25) is 0 Å². The van der Waals surface area contributed by atoms with Gasteiger partial charge in [0.05, 0.1) is 19.3 Å². The fourth-order valence-corrected chi connectivity index (χ4v) is 2.66. The first-order chi connectivity index (χ1) is 10.9. The number of rotatable bonds is 7. The van der Waals surface area contributed by atoms with Gasteiger partial charge < -0.3 is 9.64 Å². The van der Waals surface area contributed by atoms with Crippen LogP contribution >= 0.6 is 0 Å². The fourth-order valence-electron chi connectivity index (χ4n) is 1.86. The zero-order chi connectivity index (χ0) is 17.0. The first kappa shape index (κ1) is 17.2. The summed E-state index contributed by atoms with van der Waals surface area (Å²) in [6, 6.07) is 1.66. The number of methoxy groups -OCH3 is 1. The molecule has 2 aromatic rings. The molecule has 23 heavy (non-hydrogen) atoms. The molecule has 0 fully saturated rings. The fraction of sp³-hybridized carbons (Fsp3) is 0.462.